The lowest BCUT2D eigenvalue weighted by atomic mass is 9.93. The zero-order valence-electron chi connectivity index (χ0n) is 26.5. The third kappa shape index (κ3) is 5.03. The summed E-state index contributed by atoms with van der Waals surface area (Å²) >= 11 is 0. The first-order valence-corrected chi connectivity index (χ1v) is 9.46. The molecular weight excluding hydrogens is 366 g/mol. The first-order chi connectivity index (χ1) is 18.0. The molecule has 0 atom stereocenters. The third-order valence-corrected chi connectivity index (χ3v) is 4.47. The van der Waals surface area contributed by atoms with Gasteiger partial charge in [0.2, 0.25) is 0 Å². The summed E-state index contributed by atoms with van der Waals surface area (Å²) in [5, 5.41) is 0. The van der Waals surface area contributed by atoms with Gasteiger partial charge >= 0.3 is 0 Å². The smallest absolute Gasteiger partial charge is 0.161 e. The molecule has 0 bridgehead atoms. The lowest BCUT2D eigenvalue weighted by Gasteiger charge is -2.21. The van der Waals surface area contributed by atoms with Crippen molar-refractivity contribution in [2.24, 2.45) is 4.99 Å². The molecule has 5 nitrogen and oxygen atoms in total. The van der Waals surface area contributed by atoms with Crippen LogP contribution < -0.4 is 18.9 Å². The topological polar surface area (TPSA) is 49.3 Å². The van der Waals surface area contributed by atoms with Crippen LogP contribution in [-0.4, -0.2) is 38.6 Å². The zero-order valence-corrected chi connectivity index (χ0v) is 16.5. The Balaban J connectivity index is 2.06. The normalized spacial score (nSPS) is 19.7. The van der Waals surface area contributed by atoms with Gasteiger partial charge in [-0.1, -0.05) is 6.07 Å². The predicted molar refractivity (Wildman–Crippen MR) is 116 cm³/mol. The van der Waals surface area contributed by atoms with Crippen LogP contribution in [0.15, 0.2) is 35.3 Å². The molecule has 5 heteroatoms. The van der Waals surface area contributed by atoms with Crippen molar-refractivity contribution < 1.29 is 32.7 Å². The van der Waals surface area contributed by atoms with Crippen molar-refractivity contribution in [1.82, 2.24) is 0 Å². The van der Waals surface area contributed by atoms with E-state index in [1.807, 2.05) is 26.0 Å². The van der Waals surface area contributed by atoms with Crippen LogP contribution >= 0.6 is 0 Å². The van der Waals surface area contributed by atoms with Crippen molar-refractivity contribution in [2.75, 3.05) is 32.9 Å². The quantitative estimate of drug-likeness (QED) is 0.564. The Bertz CT molecular complexity index is 1210. The van der Waals surface area contributed by atoms with Crippen LogP contribution in [0.1, 0.15) is 57.9 Å². The molecule has 29 heavy (non-hydrogen) atoms. The number of ether oxygens (including phenoxy) is 4. The van der Waals surface area contributed by atoms with E-state index in [4.69, 9.17) is 32.7 Å². The van der Waals surface area contributed by atoms with Crippen molar-refractivity contribution in [3.05, 3.63) is 47.0 Å². The molecule has 0 spiro atoms. The molecule has 0 fully saturated rings. The Morgan fingerprint density at radius 1 is 0.897 bits per heavy atom. The van der Waals surface area contributed by atoms with Crippen molar-refractivity contribution in [1.29, 1.82) is 0 Å². The van der Waals surface area contributed by atoms with E-state index in [0.29, 0.717) is 60.9 Å². The molecular formula is C24H31NO4. The highest BCUT2D eigenvalue weighted by Crippen LogP contribution is 2.34. The van der Waals surface area contributed by atoms with Crippen LogP contribution in [-0.2, 0) is 12.8 Å². The zero-order chi connectivity index (χ0) is 29.2. The van der Waals surface area contributed by atoms with Crippen LogP contribution in [0.4, 0.5) is 0 Å². The molecule has 2 aromatic carbocycles. The second-order valence-electron chi connectivity index (χ2n) is 6.27. The molecule has 0 unspecified atom stereocenters. The summed E-state index contributed by atoms with van der Waals surface area (Å²) in [7, 11) is 0. The molecule has 0 saturated heterocycles. The number of hydrogen-bond acceptors (Lipinski definition) is 5. The Labute approximate surface area is 187 Å². The van der Waals surface area contributed by atoms with E-state index < -0.39 is 38.3 Å². The Hall–Kier alpha value is -2.69. The molecule has 0 amide bonds. The van der Waals surface area contributed by atoms with Crippen molar-refractivity contribution >= 4 is 5.71 Å². The standard InChI is InChI=1S/C24H31NO4/c1-5-26-21-10-9-17(14-22(21)27-6-2)13-20-19-16-24(29-8-4)23(28-7-3)15-18(19)11-12-25-20/h9-10,14-16H,5-8,11-13H2,1-4H3/i3D3,4D3,7D2,8D2. The van der Waals surface area contributed by atoms with Gasteiger partial charge in [-0.2, -0.15) is 0 Å². The molecule has 1 aliphatic rings. The SMILES string of the molecule is [2H]C([2H])([2H])C([2H])([2H])Oc1cc2c(cc1OC([2H])([2H])C([2H])([2H])[2H])C(Cc1ccc(OCC)c(OCC)c1)=NCC2. The summed E-state index contributed by atoms with van der Waals surface area (Å²) in [6, 6.07) is 8.15. The highest BCUT2D eigenvalue weighted by molar-refractivity contribution is 6.04. The molecule has 1 aliphatic heterocycles. The molecule has 0 aromatic heterocycles. The molecule has 156 valence electrons. The maximum Gasteiger partial charge on any atom is 0.161 e. The first kappa shape index (κ1) is 11.5. The minimum Gasteiger partial charge on any atom is -0.490 e. The molecule has 1 heterocycles. The van der Waals surface area contributed by atoms with Gasteiger partial charge in [0.1, 0.15) is 0 Å². The monoisotopic (exact) mass is 407 g/mol. The third-order valence-electron chi connectivity index (χ3n) is 4.47. The summed E-state index contributed by atoms with van der Waals surface area (Å²) in [5.74, 6) is 0.282. The van der Waals surface area contributed by atoms with Gasteiger partial charge in [0.05, 0.1) is 31.8 Å². The fourth-order valence-electron chi connectivity index (χ4n) is 3.29. The Morgan fingerprint density at radius 2 is 1.59 bits per heavy atom. The second-order valence-corrected chi connectivity index (χ2v) is 6.27. The predicted octanol–water partition coefficient (Wildman–Crippen LogP) is 4.87. The summed E-state index contributed by atoms with van der Waals surface area (Å²) in [5.41, 5.74) is 2.58. The lowest BCUT2D eigenvalue weighted by molar-refractivity contribution is 0.287. The van der Waals surface area contributed by atoms with Gasteiger partial charge in [-0.15, -0.1) is 0 Å². The van der Waals surface area contributed by atoms with Gasteiger partial charge in [-0.05, 0) is 69.4 Å². The first-order valence-electron chi connectivity index (χ1n) is 14.5. The summed E-state index contributed by atoms with van der Waals surface area (Å²) in [6.07, 6.45) is 0.743. The molecule has 0 N–H and O–H groups in total. The minimum absolute atomic E-state index is 0.335. The van der Waals surface area contributed by atoms with Crippen LogP contribution in [0.3, 0.4) is 0 Å². The number of hydrogen-bond donors (Lipinski definition) is 0. The van der Waals surface area contributed by atoms with Gasteiger partial charge in [0, 0.05) is 32.5 Å². The van der Waals surface area contributed by atoms with Crippen molar-refractivity contribution in [2.45, 2.75) is 40.4 Å². The van der Waals surface area contributed by atoms with Crippen molar-refractivity contribution in [3.8, 4) is 23.0 Å². The van der Waals surface area contributed by atoms with E-state index in [2.05, 4.69) is 4.99 Å². The summed E-state index contributed by atoms with van der Waals surface area (Å²) < 4.78 is 98.2. The largest absolute Gasteiger partial charge is 0.490 e. The fourth-order valence-corrected chi connectivity index (χ4v) is 3.29. The maximum absolute atomic E-state index is 7.92. The molecule has 0 saturated carbocycles. The Morgan fingerprint density at radius 3 is 2.31 bits per heavy atom. The maximum atomic E-state index is 7.92. The van der Waals surface area contributed by atoms with E-state index in [-0.39, 0.29) is 0 Å². The fraction of sp³-hybridized carbons (Fsp3) is 0.458. The van der Waals surface area contributed by atoms with Gasteiger partial charge in [-0.25, -0.2) is 0 Å². The number of nitrogens with zero attached hydrogens (tertiary/aromatic N) is 1. The lowest BCUT2D eigenvalue weighted by Crippen LogP contribution is -2.16. The highest BCUT2D eigenvalue weighted by atomic mass is 16.5. The van der Waals surface area contributed by atoms with Crippen LogP contribution in [0.2, 0.25) is 0 Å². The van der Waals surface area contributed by atoms with Crippen LogP contribution in [0.25, 0.3) is 0 Å². The van der Waals surface area contributed by atoms with Crippen LogP contribution in [0, 0.1) is 0 Å². The van der Waals surface area contributed by atoms with E-state index >= 15 is 0 Å². The number of benzene rings is 2. The van der Waals surface area contributed by atoms with Gasteiger partial charge in [0.15, 0.2) is 23.0 Å². The summed E-state index contributed by atoms with van der Waals surface area (Å²) in [6.45, 7) is -7.69. The molecule has 0 radical (unpaired) electrons. The average molecular weight is 408 g/mol. The second kappa shape index (κ2) is 10.2. The average Bonchev–Trinajstić information content (AvgIpc) is 2.80. The number of rotatable bonds is 10. The van der Waals surface area contributed by atoms with Crippen LogP contribution in [0.5, 0.6) is 23.0 Å². The number of fused-ring (bicyclic) bond motifs is 1. The van der Waals surface area contributed by atoms with Gasteiger partial charge in [-0.3, -0.25) is 4.99 Å². The minimum atomic E-state index is -3.20. The highest BCUT2D eigenvalue weighted by Gasteiger charge is 2.20. The van der Waals surface area contributed by atoms with E-state index in [1.165, 1.54) is 12.1 Å². The van der Waals surface area contributed by atoms with Crippen molar-refractivity contribution in [3.63, 3.8) is 0 Å². The molecule has 3 rings (SSSR count). The molecule has 0 aliphatic carbocycles. The van der Waals surface area contributed by atoms with Gasteiger partial charge < -0.3 is 18.9 Å². The Kier molecular flexibility index (Phi) is 4.04. The number of aliphatic imine (C=N–C) groups is 1. The molecule has 2 aromatic rings. The van der Waals surface area contributed by atoms with Gasteiger partial charge in [0.25, 0.3) is 0 Å². The van der Waals surface area contributed by atoms with E-state index in [1.54, 1.807) is 6.07 Å². The van der Waals surface area contributed by atoms with E-state index in [9.17, 15) is 0 Å². The van der Waals surface area contributed by atoms with E-state index in [0.717, 1.165) is 5.56 Å². The summed E-state index contributed by atoms with van der Waals surface area (Å²) in [4.78, 5) is 4.61.